The van der Waals surface area contributed by atoms with E-state index in [1.807, 2.05) is 0 Å². The van der Waals surface area contributed by atoms with Crippen LogP contribution < -0.4 is 5.32 Å². The number of carbonyl (C=O) groups is 3. The summed E-state index contributed by atoms with van der Waals surface area (Å²) in [5.74, 6) is -0.0479. The van der Waals surface area contributed by atoms with E-state index in [9.17, 15) is 14.4 Å². The van der Waals surface area contributed by atoms with Crippen LogP contribution in [0.1, 0.15) is 6.42 Å². The van der Waals surface area contributed by atoms with Crippen LogP contribution in [0, 0.1) is 23.7 Å². The molecule has 1 saturated heterocycles. The van der Waals surface area contributed by atoms with Crippen LogP contribution in [0.5, 0.6) is 0 Å². The molecule has 0 aromatic carbocycles. The summed E-state index contributed by atoms with van der Waals surface area (Å²) < 4.78 is 4.44. The van der Waals surface area contributed by atoms with E-state index in [0.717, 1.165) is 6.42 Å². The number of imide groups is 1. The van der Waals surface area contributed by atoms with Crippen LogP contribution in [0.25, 0.3) is 0 Å². The molecule has 4 atom stereocenters. The van der Waals surface area contributed by atoms with Gasteiger partial charge >= 0.3 is 6.09 Å². The maximum Gasteiger partial charge on any atom is 0.406 e. The molecular weight excluding hydrogens is 248 g/mol. The van der Waals surface area contributed by atoms with Crippen molar-refractivity contribution in [1.82, 2.24) is 10.2 Å². The SMILES string of the molecule is COC(=O)NCCN1C(=O)C2C3C=CC(C3)C2C1=O. The second-order valence-corrected chi connectivity index (χ2v) is 5.25. The molecule has 1 N–H and O–H groups in total. The zero-order valence-electron chi connectivity index (χ0n) is 10.7. The highest BCUT2D eigenvalue weighted by Gasteiger charge is 2.58. The van der Waals surface area contributed by atoms with Gasteiger partial charge in [0.2, 0.25) is 11.8 Å². The molecule has 19 heavy (non-hydrogen) atoms. The molecule has 2 fully saturated rings. The van der Waals surface area contributed by atoms with Crippen molar-refractivity contribution in [3.8, 4) is 0 Å². The monoisotopic (exact) mass is 264 g/mol. The number of hydrogen-bond acceptors (Lipinski definition) is 4. The molecule has 3 aliphatic rings. The molecule has 3 amide bonds. The summed E-state index contributed by atoms with van der Waals surface area (Å²) >= 11 is 0. The number of ether oxygens (including phenoxy) is 1. The summed E-state index contributed by atoms with van der Waals surface area (Å²) in [4.78, 5) is 36.7. The number of alkyl carbamates (subject to hydrolysis) is 1. The summed E-state index contributed by atoms with van der Waals surface area (Å²) in [6.07, 6.45) is 4.50. The van der Waals surface area contributed by atoms with E-state index in [2.05, 4.69) is 22.2 Å². The zero-order chi connectivity index (χ0) is 13.6. The van der Waals surface area contributed by atoms with Crippen molar-refractivity contribution in [3.05, 3.63) is 12.2 Å². The van der Waals surface area contributed by atoms with Crippen LogP contribution in [0.3, 0.4) is 0 Å². The number of hydrogen-bond donors (Lipinski definition) is 1. The first-order valence-corrected chi connectivity index (χ1v) is 6.49. The lowest BCUT2D eigenvalue weighted by Crippen LogP contribution is -2.39. The molecule has 2 bridgehead atoms. The van der Waals surface area contributed by atoms with Gasteiger partial charge in [-0.15, -0.1) is 0 Å². The molecule has 2 aliphatic carbocycles. The predicted molar refractivity (Wildman–Crippen MR) is 64.8 cm³/mol. The maximum atomic E-state index is 12.3. The van der Waals surface area contributed by atoms with E-state index < -0.39 is 6.09 Å². The van der Waals surface area contributed by atoms with Gasteiger partial charge in [0.05, 0.1) is 18.9 Å². The van der Waals surface area contributed by atoms with E-state index in [1.165, 1.54) is 12.0 Å². The lowest BCUT2D eigenvalue weighted by atomic mass is 9.85. The molecular formula is C13H16N2O4. The van der Waals surface area contributed by atoms with Crippen LogP contribution >= 0.6 is 0 Å². The molecule has 0 aromatic rings. The van der Waals surface area contributed by atoms with Gasteiger partial charge in [-0.2, -0.15) is 0 Å². The maximum absolute atomic E-state index is 12.3. The van der Waals surface area contributed by atoms with Gasteiger partial charge in [0.1, 0.15) is 0 Å². The Morgan fingerprint density at radius 1 is 1.32 bits per heavy atom. The van der Waals surface area contributed by atoms with Crippen LogP contribution in [0.15, 0.2) is 12.2 Å². The number of amides is 3. The third-order valence-corrected chi connectivity index (χ3v) is 4.35. The normalized spacial score (nSPS) is 34.9. The van der Waals surface area contributed by atoms with Crippen molar-refractivity contribution in [3.63, 3.8) is 0 Å². The summed E-state index contributed by atoms with van der Waals surface area (Å²) in [6, 6.07) is 0. The minimum atomic E-state index is -0.555. The molecule has 0 aromatic heterocycles. The van der Waals surface area contributed by atoms with Gasteiger partial charge in [-0.1, -0.05) is 12.2 Å². The van der Waals surface area contributed by atoms with Gasteiger partial charge in [-0.3, -0.25) is 14.5 Å². The number of allylic oxidation sites excluding steroid dienone is 2. The fraction of sp³-hybridized carbons (Fsp3) is 0.615. The van der Waals surface area contributed by atoms with Crippen molar-refractivity contribution in [2.24, 2.45) is 23.7 Å². The fourth-order valence-electron chi connectivity index (χ4n) is 3.53. The molecule has 102 valence electrons. The fourth-order valence-corrected chi connectivity index (χ4v) is 3.53. The Balaban J connectivity index is 1.64. The Labute approximate surface area is 110 Å². The number of nitrogens with one attached hydrogen (secondary N) is 1. The van der Waals surface area contributed by atoms with Gasteiger partial charge < -0.3 is 10.1 Å². The molecule has 0 spiro atoms. The predicted octanol–water partition coefficient (Wildman–Crippen LogP) is 0.149. The Hall–Kier alpha value is -1.85. The quantitative estimate of drug-likeness (QED) is 0.581. The third kappa shape index (κ3) is 1.74. The highest BCUT2D eigenvalue weighted by molar-refractivity contribution is 6.06. The van der Waals surface area contributed by atoms with Gasteiger partial charge in [0.25, 0.3) is 0 Å². The molecule has 1 aliphatic heterocycles. The minimum Gasteiger partial charge on any atom is -0.453 e. The number of methoxy groups -OCH3 is 1. The van der Waals surface area contributed by atoms with Crippen LogP contribution in [0.4, 0.5) is 4.79 Å². The minimum absolute atomic E-state index is 0.0847. The lowest BCUT2D eigenvalue weighted by Gasteiger charge is -2.17. The number of nitrogens with zero attached hydrogens (tertiary/aromatic N) is 1. The Morgan fingerprint density at radius 2 is 1.89 bits per heavy atom. The van der Waals surface area contributed by atoms with Crippen LogP contribution in [-0.4, -0.2) is 43.0 Å². The van der Waals surface area contributed by atoms with Gasteiger partial charge in [-0.25, -0.2) is 4.79 Å². The van der Waals surface area contributed by atoms with Crippen molar-refractivity contribution in [2.75, 3.05) is 20.2 Å². The highest BCUT2D eigenvalue weighted by atomic mass is 16.5. The highest BCUT2D eigenvalue weighted by Crippen LogP contribution is 2.52. The average molecular weight is 264 g/mol. The largest absolute Gasteiger partial charge is 0.453 e. The summed E-state index contributed by atoms with van der Waals surface area (Å²) in [6.45, 7) is 0.450. The van der Waals surface area contributed by atoms with Crippen molar-refractivity contribution in [2.45, 2.75) is 6.42 Å². The lowest BCUT2D eigenvalue weighted by molar-refractivity contribution is -0.140. The van der Waals surface area contributed by atoms with Gasteiger partial charge in [0, 0.05) is 13.1 Å². The number of likely N-dealkylation sites (tertiary alicyclic amines) is 1. The Bertz CT molecular complexity index is 443. The Morgan fingerprint density at radius 3 is 2.42 bits per heavy atom. The summed E-state index contributed by atoms with van der Waals surface area (Å²) in [5.41, 5.74) is 0. The van der Waals surface area contributed by atoms with E-state index >= 15 is 0 Å². The Kier molecular flexibility index (Phi) is 2.80. The van der Waals surface area contributed by atoms with Crippen LogP contribution in [0.2, 0.25) is 0 Å². The summed E-state index contributed by atoms with van der Waals surface area (Å²) in [5, 5.41) is 2.48. The second kappa shape index (κ2) is 4.36. The summed E-state index contributed by atoms with van der Waals surface area (Å²) in [7, 11) is 1.27. The standard InChI is InChI=1S/C13H16N2O4/c1-19-13(18)14-4-5-15-11(16)9-7-2-3-8(6-7)10(9)12(15)17/h2-3,7-10H,4-6H2,1H3,(H,14,18). The molecule has 4 unspecified atom stereocenters. The van der Waals surface area contributed by atoms with E-state index in [-0.39, 0.29) is 48.6 Å². The number of fused-ring (bicyclic) bond motifs is 5. The first kappa shape index (κ1) is 12.2. The zero-order valence-corrected chi connectivity index (χ0v) is 10.7. The van der Waals surface area contributed by atoms with Crippen LogP contribution in [-0.2, 0) is 14.3 Å². The topological polar surface area (TPSA) is 75.7 Å². The van der Waals surface area contributed by atoms with E-state index in [0.29, 0.717) is 0 Å². The van der Waals surface area contributed by atoms with Crippen molar-refractivity contribution < 1.29 is 19.1 Å². The molecule has 1 heterocycles. The van der Waals surface area contributed by atoms with E-state index in [4.69, 9.17) is 0 Å². The number of carbonyl (C=O) groups excluding carboxylic acids is 3. The van der Waals surface area contributed by atoms with E-state index in [1.54, 1.807) is 0 Å². The molecule has 3 rings (SSSR count). The molecule has 0 radical (unpaired) electrons. The molecule has 6 nitrogen and oxygen atoms in total. The van der Waals surface area contributed by atoms with Gasteiger partial charge in [0.15, 0.2) is 0 Å². The second-order valence-electron chi connectivity index (χ2n) is 5.25. The third-order valence-electron chi connectivity index (χ3n) is 4.35. The van der Waals surface area contributed by atoms with Crippen molar-refractivity contribution >= 4 is 17.9 Å². The number of rotatable bonds is 3. The first-order chi connectivity index (χ1) is 9.13. The van der Waals surface area contributed by atoms with Crippen molar-refractivity contribution in [1.29, 1.82) is 0 Å². The van der Waals surface area contributed by atoms with Gasteiger partial charge in [-0.05, 0) is 18.3 Å². The first-order valence-electron chi connectivity index (χ1n) is 6.49. The molecule has 1 saturated carbocycles. The smallest absolute Gasteiger partial charge is 0.406 e. The average Bonchev–Trinajstić information content (AvgIpc) is 3.07. The molecule has 6 heteroatoms.